The Labute approximate surface area is 143 Å². The lowest BCUT2D eigenvalue weighted by Crippen LogP contribution is -2.21. The zero-order valence-electron chi connectivity index (χ0n) is 13.0. The summed E-state index contributed by atoms with van der Waals surface area (Å²) < 4.78 is 2.90. The molecule has 1 aromatic carbocycles. The number of carbonyl (C=O) groups excluding carboxylic acids is 1. The number of hydrogen-bond donors (Lipinski definition) is 1. The summed E-state index contributed by atoms with van der Waals surface area (Å²) in [6.07, 6.45) is 1.70. The number of thioether (sulfide) groups is 1. The maximum absolute atomic E-state index is 12.0. The van der Waals surface area contributed by atoms with Gasteiger partial charge in [0.05, 0.1) is 18.5 Å². The summed E-state index contributed by atoms with van der Waals surface area (Å²) in [4.78, 5) is 12.0. The van der Waals surface area contributed by atoms with Gasteiger partial charge in [-0.15, -0.1) is 11.8 Å². The predicted octanol–water partition coefficient (Wildman–Crippen LogP) is 4.16. The van der Waals surface area contributed by atoms with Crippen molar-refractivity contribution in [2.24, 2.45) is 0 Å². The molecule has 0 fully saturated rings. The van der Waals surface area contributed by atoms with Crippen LogP contribution in [0.2, 0.25) is 0 Å². The summed E-state index contributed by atoms with van der Waals surface area (Å²) in [6.45, 7) is 6.91. The van der Waals surface area contributed by atoms with Gasteiger partial charge in [-0.1, -0.05) is 54.9 Å². The second-order valence-corrected chi connectivity index (χ2v) is 8.57. The number of rotatable bonds is 5. The van der Waals surface area contributed by atoms with Gasteiger partial charge in [-0.25, -0.2) is 4.68 Å². The number of halogens is 1. The van der Waals surface area contributed by atoms with E-state index < -0.39 is 0 Å². The van der Waals surface area contributed by atoms with Gasteiger partial charge in [0.15, 0.2) is 0 Å². The van der Waals surface area contributed by atoms with Crippen LogP contribution in [0.25, 0.3) is 0 Å². The molecule has 1 amide bonds. The monoisotopic (exact) mass is 381 g/mol. The summed E-state index contributed by atoms with van der Waals surface area (Å²) >= 11 is 5.16. The number of aromatic nitrogens is 2. The van der Waals surface area contributed by atoms with Crippen LogP contribution in [0.4, 0.5) is 5.82 Å². The fourth-order valence-electron chi connectivity index (χ4n) is 1.81. The number of carbonyl (C=O) groups is 1. The van der Waals surface area contributed by atoms with Gasteiger partial charge in [-0.3, -0.25) is 4.79 Å². The van der Waals surface area contributed by atoms with Gasteiger partial charge in [-0.2, -0.15) is 5.10 Å². The van der Waals surface area contributed by atoms with E-state index in [1.807, 2.05) is 30.3 Å². The van der Waals surface area contributed by atoms with Gasteiger partial charge >= 0.3 is 0 Å². The van der Waals surface area contributed by atoms with E-state index in [1.54, 1.807) is 22.6 Å². The molecule has 0 spiro atoms. The van der Waals surface area contributed by atoms with Crippen molar-refractivity contribution >= 4 is 39.4 Å². The Bertz CT molecular complexity index is 649. The van der Waals surface area contributed by atoms with Crippen LogP contribution in [0.15, 0.2) is 41.0 Å². The van der Waals surface area contributed by atoms with Crippen LogP contribution in [0, 0.1) is 0 Å². The molecular weight excluding hydrogens is 362 g/mol. The lowest BCUT2D eigenvalue weighted by molar-refractivity contribution is -0.113. The highest BCUT2D eigenvalue weighted by Crippen LogP contribution is 2.23. The zero-order chi connectivity index (χ0) is 16.2. The highest BCUT2D eigenvalue weighted by Gasteiger charge is 2.14. The summed E-state index contributed by atoms with van der Waals surface area (Å²) in [7, 11) is 0. The second kappa shape index (κ2) is 7.33. The molecule has 118 valence electrons. The van der Waals surface area contributed by atoms with E-state index >= 15 is 0 Å². The number of anilines is 1. The Kier molecular flexibility index (Phi) is 5.69. The van der Waals surface area contributed by atoms with Crippen LogP contribution in [0.1, 0.15) is 26.3 Å². The van der Waals surface area contributed by atoms with Gasteiger partial charge in [0.2, 0.25) is 5.91 Å². The molecule has 0 bridgehead atoms. The molecule has 4 nitrogen and oxygen atoms in total. The van der Waals surface area contributed by atoms with Gasteiger partial charge in [0.1, 0.15) is 5.82 Å². The molecule has 1 N–H and O–H groups in total. The average molecular weight is 382 g/mol. The van der Waals surface area contributed by atoms with Gasteiger partial charge in [0.25, 0.3) is 0 Å². The van der Waals surface area contributed by atoms with Crippen LogP contribution >= 0.6 is 27.7 Å². The van der Waals surface area contributed by atoms with Crippen LogP contribution in [0.3, 0.4) is 0 Å². The third-order valence-corrected chi connectivity index (χ3v) is 4.94. The van der Waals surface area contributed by atoms with E-state index in [9.17, 15) is 4.79 Å². The first-order chi connectivity index (χ1) is 10.3. The van der Waals surface area contributed by atoms with E-state index in [2.05, 4.69) is 47.1 Å². The van der Waals surface area contributed by atoms with Crippen molar-refractivity contribution in [2.75, 3.05) is 11.1 Å². The molecular formula is C16H20BrN3OS. The molecule has 0 aliphatic heterocycles. The Balaban J connectivity index is 2.01. The minimum absolute atomic E-state index is 0.00574. The highest BCUT2D eigenvalue weighted by atomic mass is 79.9. The van der Waals surface area contributed by atoms with Crippen molar-refractivity contribution in [2.45, 2.75) is 32.1 Å². The molecule has 0 radical (unpaired) electrons. The Morgan fingerprint density at radius 2 is 2.05 bits per heavy atom. The van der Waals surface area contributed by atoms with Crippen molar-refractivity contribution in [1.82, 2.24) is 9.78 Å². The summed E-state index contributed by atoms with van der Waals surface area (Å²) in [5, 5.41) is 7.22. The number of benzene rings is 1. The lowest BCUT2D eigenvalue weighted by Gasteiger charge is -2.17. The summed E-state index contributed by atoms with van der Waals surface area (Å²) in [5.74, 6) is 1.15. The lowest BCUT2D eigenvalue weighted by atomic mass is 10.2. The molecule has 1 aromatic heterocycles. The van der Waals surface area contributed by atoms with Crippen molar-refractivity contribution < 1.29 is 4.79 Å². The minimum atomic E-state index is -0.00574. The maximum Gasteiger partial charge on any atom is 0.235 e. The van der Waals surface area contributed by atoms with Crippen molar-refractivity contribution in [1.29, 1.82) is 0 Å². The Morgan fingerprint density at radius 1 is 1.32 bits per heavy atom. The first-order valence-electron chi connectivity index (χ1n) is 7.04. The first-order valence-corrected chi connectivity index (χ1v) is 8.82. The molecule has 2 rings (SSSR count). The first kappa shape index (κ1) is 17.1. The number of amides is 1. The number of nitrogens with zero attached hydrogens (tertiary/aromatic N) is 2. The molecule has 2 aromatic rings. The second-order valence-electron chi connectivity index (χ2n) is 5.91. The fraction of sp³-hybridized carbons (Fsp3) is 0.375. The molecule has 1 heterocycles. The topological polar surface area (TPSA) is 46.9 Å². The van der Waals surface area contributed by atoms with Crippen molar-refractivity contribution in [3.8, 4) is 0 Å². The standard InChI is InChI=1S/C16H20BrN3OS/c1-16(2,3)22-11-15(21)19-14-8-9-18-20(14)10-12-6-4-5-7-13(12)17/h4-9H,10-11H2,1-3H3,(H,19,21). The Morgan fingerprint density at radius 3 is 2.73 bits per heavy atom. The number of hydrogen-bond acceptors (Lipinski definition) is 3. The number of nitrogens with one attached hydrogen (secondary N) is 1. The molecule has 0 atom stereocenters. The smallest absolute Gasteiger partial charge is 0.235 e. The molecule has 0 aliphatic rings. The highest BCUT2D eigenvalue weighted by molar-refractivity contribution is 9.10. The van der Waals surface area contributed by atoms with Crippen molar-refractivity contribution in [3.05, 3.63) is 46.6 Å². The van der Waals surface area contributed by atoms with Gasteiger partial charge < -0.3 is 5.32 Å². The third-order valence-electron chi connectivity index (χ3n) is 2.90. The van der Waals surface area contributed by atoms with E-state index in [4.69, 9.17) is 0 Å². The molecule has 0 unspecified atom stereocenters. The molecule has 6 heteroatoms. The SMILES string of the molecule is CC(C)(C)SCC(=O)Nc1ccnn1Cc1ccccc1Br. The van der Waals surface area contributed by atoms with Gasteiger partial charge in [0, 0.05) is 15.3 Å². The van der Waals surface area contributed by atoms with Gasteiger partial charge in [-0.05, 0) is 11.6 Å². The average Bonchev–Trinajstić information content (AvgIpc) is 2.86. The van der Waals surface area contributed by atoms with Crippen LogP contribution in [-0.2, 0) is 11.3 Å². The predicted molar refractivity (Wildman–Crippen MR) is 96.3 cm³/mol. The quantitative estimate of drug-likeness (QED) is 0.845. The minimum Gasteiger partial charge on any atom is -0.310 e. The Hall–Kier alpha value is -1.27. The molecule has 0 saturated heterocycles. The largest absolute Gasteiger partial charge is 0.310 e. The summed E-state index contributed by atoms with van der Waals surface area (Å²) in [6, 6.07) is 9.81. The van der Waals surface area contributed by atoms with Crippen LogP contribution in [0.5, 0.6) is 0 Å². The molecule has 0 saturated carbocycles. The zero-order valence-corrected chi connectivity index (χ0v) is 15.4. The van der Waals surface area contributed by atoms with E-state index in [0.717, 1.165) is 15.9 Å². The fourth-order valence-corrected chi connectivity index (χ4v) is 2.86. The summed E-state index contributed by atoms with van der Waals surface area (Å²) in [5.41, 5.74) is 1.12. The van der Waals surface area contributed by atoms with Crippen LogP contribution in [-0.4, -0.2) is 26.2 Å². The van der Waals surface area contributed by atoms with Crippen LogP contribution < -0.4 is 5.32 Å². The third kappa shape index (κ3) is 5.18. The molecule has 0 aliphatic carbocycles. The maximum atomic E-state index is 12.0. The van der Waals surface area contributed by atoms with E-state index in [0.29, 0.717) is 12.3 Å². The normalized spacial score (nSPS) is 11.5. The molecule has 22 heavy (non-hydrogen) atoms. The van der Waals surface area contributed by atoms with E-state index in [-0.39, 0.29) is 10.7 Å². The van der Waals surface area contributed by atoms with Crippen molar-refractivity contribution in [3.63, 3.8) is 0 Å². The van der Waals surface area contributed by atoms with E-state index in [1.165, 1.54) is 0 Å².